The molecule has 0 radical (unpaired) electrons. The molecule has 1 aliphatic heterocycles. The number of rotatable bonds is 5. The maximum Gasteiger partial charge on any atom is 0.308 e. The van der Waals surface area contributed by atoms with Crippen LogP contribution in [0, 0.1) is 11.8 Å². The first kappa shape index (κ1) is 15.4. The van der Waals surface area contributed by atoms with Crippen molar-refractivity contribution in [2.75, 3.05) is 19.7 Å². The molecule has 21 heavy (non-hydrogen) atoms. The van der Waals surface area contributed by atoms with Crippen LogP contribution in [-0.4, -0.2) is 41.6 Å². The zero-order valence-electron chi connectivity index (χ0n) is 12.4. The van der Waals surface area contributed by atoms with E-state index in [0.29, 0.717) is 24.5 Å². The quantitative estimate of drug-likeness (QED) is 0.903. The zero-order valence-corrected chi connectivity index (χ0v) is 12.4. The molecule has 0 aromatic heterocycles. The molecule has 5 heteroatoms. The minimum absolute atomic E-state index is 0.0222. The minimum atomic E-state index is -0.835. The molecule has 1 aromatic carbocycles. The predicted molar refractivity (Wildman–Crippen MR) is 78.4 cm³/mol. The lowest BCUT2D eigenvalue weighted by Crippen LogP contribution is -2.29. The molecule has 1 heterocycles. The van der Waals surface area contributed by atoms with E-state index in [1.807, 2.05) is 19.9 Å². The highest BCUT2D eigenvalue weighted by atomic mass is 16.5. The van der Waals surface area contributed by atoms with E-state index in [4.69, 9.17) is 9.84 Å². The van der Waals surface area contributed by atoms with E-state index in [2.05, 4.69) is 0 Å². The molecule has 1 fully saturated rings. The highest BCUT2D eigenvalue weighted by Crippen LogP contribution is 2.25. The largest absolute Gasteiger partial charge is 0.494 e. The molecule has 0 aliphatic carbocycles. The molecule has 114 valence electrons. The van der Waals surface area contributed by atoms with Gasteiger partial charge in [-0.2, -0.15) is 0 Å². The van der Waals surface area contributed by atoms with Gasteiger partial charge < -0.3 is 14.7 Å². The Bertz CT molecular complexity index is 529. The molecule has 1 amide bonds. The normalized spacial score (nSPS) is 21.3. The van der Waals surface area contributed by atoms with Crippen LogP contribution in [0.1, 0.15) is 30.6 Å². The molecule has 2 rings (SSSR count). The number of carboxylic acids is 1. The number of amides is 1. The number of ether oxygens (including phenoxy) is 1. The van der Waals surface area contributed by atoms with Gasteiger partial charge in [-0.15, -0.1) is 0 Å². The lowest BCUT2D eigenvalue weighted by atomic mass is 9.99. The Morgan fingerprint density at radius 2 is 2.14 bits per heavy atom. The Kier molecular flexibility index (Phi) is 4.83. The van der Waals surface area contributed by atoms with E-state index >= 15 is 0 Å². The monoisotopic (exact) mass is 291 g/mol. The highest BCUT2D eigenvalue weighted by Gasteiger charge is 2.37. The van der Waals surface area contributed by atoms with Gasteiger partial charge in [0.25, 0.3) is 5.91 Å². The lowest BCUT2D eigenvalue weighted by molar-refractivity contribution is -0.142. The van der Waals surface area contributed by atoms with Crippen molar-refractivity contribution >= 4 is 11.9 Å². The van der Waals surface area contributed by atoms with E-state index in [0.717, 1.165) is 6.42 Å². The van der Waals surface area contributed by atoms with Gasteiger partial charge >= 0.3 is 5.97 Å². The van der Waals surface area contributed by atoms with Gasteiger partial charge in [-0.05, 0) is 30.5 Å². The number of carbonyl (C=O) groups excluding carboxylic acids is 1. The average Bonchev–Trinajstić information content (AvgIpc) is 2.87. The summed E-state index contributed by atoms with van der Waals surface area (Å²) in [5.41, 5.74) is 0.543. The van der Waals surface area contributed by atoms with Gasteiger partial charge in [0.15, 0.2) is 0 Å². The van der Waals surface area contributed by atoms with Crippen LogP contribution in [0.2, 0.25) is 0 Å². The van der Waals surface area contributed by atoms with Gasteiger partial charge in [-0.3, -0.25) is 9.59 Å². The van der Waals surface area contributed by atoms with Crippen molar-refractivity contribution in [1.82, 2.24) is 4.90 Å². The van der Waals surface area contributed by atoms with Crippen LogP contribution in [0.4, 0.5) is 0 Å². The first-order valence-corrected chi connectivity index (χ1v) is 7.28. The van der Waals surface area contributed by atoms with Gasteiger partial charge in [-0.25, -0.2) is 0 Å². The van der Waals surface area contributed by atoms with E-state index in [-0.39, 0.29) is 18.4 Å². The third-order valence-corrected chi connectivity index (χ3v) is 3.77. The van der Waals surface area contributed by atoms with Crippen LogP contribution in [0.3, 0.4) is 0 Å². The lowest BCUT2D eigenvalue weighted by Gasteiger charge is -2.16. The fraction of sp³-hybridized carbons (Fsp3) is 0.500. The molecule has 2 unspecified atom stereocenters. The molecule has 0 spiro atoms. The standard InChI is InChI=1S/C16H21NO4/c1-3-7-21-13-6-4-5-12(8-13)15(18)17-9-11(2)14(10-17)16(19)20/h4-6,8,11,14H,3,7,9-10H2,1-2H3,(H,19,20). The van der Waals surface area contributed by atoms with Crippen molar-refractivity contribution in [3.8, 4) is 5.75 Å². The van der Waals surface area contributed by atoms with E-state index in [1.54, 1.807) is 23.1 Å². The summed E-state index contributed by atoms with van der Waals surface area (Å²) in [5, 5.41) is 9.14. The molecule has 1 N–H and O–H groups in total. The van der Waals surface area contributed by atoms with Crippen LogP contribution in [0.25, 0.3) is 0 Å². The fourth-order valence-electron chi connectivity index (χ4n) is 2.58. The van der Waals surface area contributed by atoms with Crippen LogP contribution in [-0.2, 0) is 4.79 Å². The molecular formula is C16H21NO4. The van der Waals surface area contributed by atoms with Gasteiger partial charge in [0.1, 0.15) is 5.75 Å². The average molecular weight is 291 g/mol. The Balaban J connectivity index is 2.08. The highest BCUT2D eigenvalue weighted by molar-refractivity contribution is 5.95. The van der Waals surface area contributed by atoms with Gasteiger partial charge in [0, 0.05) is 18.7 Å². The first-order valence-electron chi connectivity index (χ1n) is 7.28. The van der Waals surface area contributed by atoms with E-state index < -0.39 is 11.9 Å². The minimum Gasteiger partial charge on any atom is -0.494 e. The fourth-order valence-corrected chi connectivity index (χ4v) is 2.58. The number of aliphatic carboxylic acids is 1. The number of benzene rings is 1. The number of hydrogen-bond acceptors (Lipinski definition) is 3. The number of hydrogen-bond donors (Lipinski definition) is 1. The molecule has 0 saturated carbocycles. The van der Waals surface area contributed by atoms with Crippen LogP contribution in [0.5, 0.6) is 5.75 Å². The molecule has 1 aromatic rings. The van der Waals surface area contributed by atoms with Gasteiger partial charge in [0.05, 0.1) is 12.5 Å². The first-order chi connectivity index (χ1) is 10.0. The molecular weight excluding hydrogens is 270 g/mol. The van der Waals surface area contributed by atoms with Crippen LogP contribution in [0.15, 0.2) is 24.3 Å². The predicted octanol–water partition coefficient (Wildman–Crippen LogP) is 2.27. The molecule has 1 aliphatic rings. The number of carboxylic acid groups (broad SMARTS) is 1. The van der Waals surface area contributed by atoms with Crippen molar-refractivity contribution in [3.05, 3.63) is 29.8 Å². The number of carbonyl (C=O) groups is 2. The van der Waals surface area contributed by atoms with Crippen LogP contribution >= 0.6 is 0 Å². The van der Waals surface area contributed by atoms with E-state index in [9.17, 15) is 9.59 Å². The van der Waals surface area contributed by atoms with Crippen LogP contribution < -0.4 is 4.74 Å². The second-order valence-electron chi connectivity index (χ2n) is 5.51. The summed E-state index contributed by atoms with van der Waals surface area (Å²) >= 11 is 0. The number of nitrogens with zero attached hydrogens (tertiary/aromatic N) is 1. The second-order valence-corrected chi connectivity index (χ2v) is 5.51. The Labute approximate surface area is 124 Å². The summed E-state index contributed by atoms with van der Waals surface area (Å²) < 4.78 is 5.52. The Morgan fingerprint density at radius 3 is 2.76 bits per heavy atom. The molecule has 5 nitrogen and oxygen atoms in total. The SMILES string of the molecule is CCCOc1cccc(C(=O)N2CC(C)C(C(=O)O)C2)c1. The Morgan fingerprint density at radius 1 is 1.38 bits per heavy atom. The molecule has 0 bridgehead atoms. The third-order valence-electron chi connectivity index (χ3n) is 3.77. The maximum atomic E-state index is 12.5. The topological polar surface area (TPSA) is 66.8 Å². The van der Waals surface area contributed by atoms with Crippen molar-refractivity contribution < 1.29 is 19.4 Å². The van der Waals surface area contributed by atoms with Gasteiger partial charge in [0.2, 0.25) is 0 Å². The van der Waals surface area contributed by atoms with Crippen molar-refractivity contribution in [2.45, 2.75) is 20.3 Å². The Hall–Kier alpha value is -2.04. The van der Waals surface area contributed by atoms with Crippen molar-refractivity contribution in [3.63, 3.8) is 0 Å². The zero-order chi connectivity index (χ0) is 15.4. The van der Waals surface area contributed by atoms with Gasteiger partial charge in [-0.1, -0.05) is 19.9 Å². The molecule has 2 atom stereocenters. The number of likely N-dealkylation sites (tertiary alicyclic amines) is 1. The summed E-state index contributed by atoms with van der Waals surface area (Å²) in [6.07, 6.45) is 0.905. The van der Waals surface area contributed by atoms with Crippen molar-refractivity contribution in [2.24, 2.45) is 11.8 Å². The summed E-state index contributed by atoms with van der Waals surface area (Å²) in [7, 11) is 0. The maximum absolute atomic E-state index is 12.5. The summed E-state index contributed by atoms with van der Waals surface area (Å²) in [4.78, 5) is 25.2. The van der Waals surface area contributed by atoms with Crippen molar-refractivity contribution in [1.29, 1.82) is 0 Å². The second kappa shape index (κ2) is 6.61. The summed E-state index contributed by atoms with van der Waals surface area (Å²) in [6.45, 7) is 5.25. The molecule has 1 saturated heterocycles. The third kappa shape index (κ3) is 3.54. The van der Waals surface area contributed by atoms with E-state index in [1.165, 1.54) is 0 Å². The smallest absolute Gasteiger partial charge is 0.308 e. The summed E-state index contributed by atoms with van der Waals surface area (Å²) in [6, 6.07) is 7.06. The summed E-state index contributed by atoms with van der Waals surface area (Å²) in [5.74, 6) is -0.797.